The van der Waals surface area contributed by atoms with Crippen molar-refractivity contribution in [2.45, 2.75) is 23.9 Å². The smallest absolute Gasteiger partial charge is 0.237 e. The zero-order chi connectivity index (χ0) is 20.8. The number of aromatic nitrogens is 4. The lowest BCUT2D eigenvalue weighted by atomic mass is 10.0. The average molecular weight is 416 g/mol. The van der Waals surface area contributed by atoms with Gasteiger partial charge in [-0.3, -0.25) is 4.79 Å². The van der Waals surface area contributed by atoms with Gasteiger partial charge in [-0.2, -0.15) is 0 Å². The van der Waals surface area contributed by atoms with Crippen LogP contribution < -0.4 is 5.32 Å². The molecule has 1 aromatic heterocycles. The van der Waals surface area contributed by atoms with Gasteiger partial charge < -0.3 is 5.32 Å². The van der Waals surface area contributed by atoms with Crippen LogP contribution in [0.4, 0.5) is 5.69 Å². The summed E-state index contributed by atoms with van der Waals surface area (Å²) in [7, 11) is 0. The lowest BCUT2D eigenvalue weighted by molar-refractivity contribution is -0.115. The van der Waals surface area contributed by atoms with Gasteiger partial charge in [-0.1, -0.05) is 90.6 Å². The van der Waals surface area contributed by atoms with Gasteiger partial charge in [0.1, 0.15) is 0 Å². The van der Waals surface area contributed by atoms with Crippen LogP contribution in [0.25, 0.3) is 11.1 Å². The predicted octanol–water partition coefficient (Wildman–Crippen LogP) is 4.51. The molecule has 0 aliphatic carbocycles. The SMILES string of the molecule is C[C@H](Sc1nnnn1Cc1ccccc1)C(=O)Nc1ccccc1-c1ccccc1. The van der Waals surface area contributed by atoms with Crippen molar-refractivity contribution in [1.29, 1.82) is 0 Å². The lowest BCUT2D eigenvalue weighted by Gasteiger charge is -2.15. The molecule has 0 unspecified atom stereocenters. The lowest BCUT2D eigenvalue weighted by Crippen LogP contribution is -2.23. The van der Waals surface area contributed by atoms with Crippen molar-refractivity contribution in [3.8, 4) is 11.1 Å². The molecule has 3 aromatic carbocycles. The summed E-state index contributed by atoms with van der Waals surface area (Å²) in [6, 6.07) is 27.8. The highest BCUT2D eigenvalue weighted by Crippen LogP contribution is 2.29. The van der Waals surface area contributed by atoms with Crippen LogP contribution in [0.3, 0.4) is 0 Å². The summed E-state index contributed by atoms with van der Waals surface area (Å²) in [5.74, 6) is -0.0994. The van der Waals surface area contributed by atoms with E-state index in [1.54, 1.807) is 4.68 Å². The maximum absolute atomic E-state index is 12.9. The minimum Gasteiger partial charge on any atom is -0.325 e. The highest BCUT2D eigenvalue weighted by atomic mass is 32.2. The summed E-state index contributed by atoms with van der Waals surface area (Å²) in [4.78, 5) is 12.9. The van der Waals surface area contributed by atoms with Crippen molar-refractivity contribution in [3.63, 3.8) is 0 Å². The Morgan fingerprint density at radius 1 is 0.967 bits per heavy atom. The van der Waals surface area contributed by atoms with Crippen molar-refractivity contribution in [2.24, 2.45) is 0 Å². The number of carbonyl (C=O) groups excluding carboxylic acids is 1. The number of carbonyl (C=O) groups is 1. The molecule has 0 saturated heterocycles. The quantitative estimate of drug-likeness (QED) is 0.450. The number of rotatable bonds is 7. The monoisotopic (exact) mass is 415 g/mol. The van der Waals surface area contributed by atoms with E-state index in [0.29, 0.717) is 11.7 Å². The molecule has 1 N–H and O–H groups in total. The first-order valence-electron chi connectivity index (χ1n) is 9.63. The van der Waals surface area contributed by atoms with E-state index < -0.39 is 0 Å². The average Bonchev–Trinajstić information content (AvgIpc) is 3.21. The van der Waals surface area contributed by atoms with E-state index in [4.69, 9.17) is 0 Å². The molecule has 1 heterocycles. The molecule has 4 rings (SSSR count). The van der Waals surface area contributed by atoms with E-state index in [1.807, 2.05) is 91.9 Å². The molecular formula is C23H21N5OS. The zero-order valence-electron chi connectivity index (χ0n) is 16.5. The van der Waals surface area contributed by atoms with Crippen molar-refractivity contribution in [1.82, 2.24) is 20.2 Å². The Bertz CT molecular complexity index is 1110. The Labute approximate surface area is 179 Å². The molecule has 6 nitrogen and oxygen atoms in total. The van der Waals surface area contributed by atoms with Gasteiger partial charge in [0.25, 0.3) is 0 Å². The fraction of sp³-hybridized carbons (Fsp3) is 0.130. The number of tetrazole rings is 1. The number of benzene rings is 3. The van der Waals surface area contributed by atoms with Crippen LogP contribution >= 0.6 is 11.8 Å². The Morgan fingerprint density at radius 3 is 2.40 bits per heavy atom. The second kappa shape index (κ2) is 9.37. The Hall–Kier alpha value is -3.45. The van der Waals surface area contributed by atoms with E-state index in [0.717, 1.165) is 22.4 Å². The minimum atomic E-state index is -0.366. The molecule has 0 aliphatic rings. The van der Waals surface area contributed by atoms with E-state index in [9.17, 15) is 4.79 Å². The zero-order valence-corrected chi connectivity index (χ0v) is 17.3. The molecule has 0 saturated carbocycles. The minimum absolute atomic E-state index is 0.0994. The van der Waals surface area contributed by atoms with E-state index >= 15 is 0 Å². The first-order chi connectivity index (χ1) is 14.7. The number of amides is 1. The second-order valence-corrected chi connectivity index (χ2v) is 8.07. The van der Waals surface area contributed by atoms with Crippen LogP contribution in [0.1, 0.15) is 12.5 Å². The van der Waals surface area contributed by atoms with Crippen LogP contribution in [-0.4, -0.2) is 31.4 Å². The number of hydrogen-bond acceptors (Lipinski definition) is 5. The highest BCUT2D eigenvalue weighted by molar-refractivity contribution is 8.00. The third-order valence-corrected chi connectivity index (χ3v) is 5.67. The first kappa shape index (κ1) is 19.8. The van der Waals surface area contributed by atoms with Crippen molar-refractivity contribution in [2.75, 3.05) is 5.32 Å². The highest BCUT2D eigenvalue weighted by Gasteiger charge is 2.20. The number of nitrogens with one attached hydrogen (secondary N) is 1. The number of nitrogens with zero attached hydrogens (tertiary/aromatic N) is 4. The molecule has 0 spiro atoms. The normalized spacial score (nSPS) is 11.8. The molecule has 0 aliphatic heterocycles. The van der Waals surface area contributed by atoms with E-state index in [2.05, 4.69) is 20.8 Å². The van der Waals surface area contributed by atoms with Gasteiger partial charge >= 0.3 is 0 Å². The topological polar surface area (TPSA) is 72.7 Å². The van der Waals surface area contributed by atoms with Gasteiger partial charge in [0, 0.05) is 11.3 Å². The van der Waals surface area contributed by atoms with E-state index in [1.165, 1.54) is 11.8 Å². The number of thioether (sulfide) groups is 1. The fourth-order valence-electron chi connectivity index (χ4n) is 3.04. The Balaban J connectivity index is 1.46. The van der Waals surface area contributed by atoms with Gasteiger partial charge in [-0.05, 0) is 34.5 Å². The third-order valence-electron chi connectivity index (χ3n) is 4.60. The molecule has 0 fully saturated rings. The molecule has 0 bridgehead atoms. The number of hydrogen-bond donors (Lipinski definition) is 1. The summed E-state index contributed by atoms with van der Waals surface area (Å²) in [6.07, 6.45) is 0. The van der Waals surface area contributed by atoms with Gasteiger partial charge in [0.2, 0.25) is 11.1 Å². The largest absolute Gasteiger partial charge is 0.325 e. The number of anilines is 1. The maximum Gasteiger partial charge on any atom is 0.237 e. The van der Waals surface area contributed by atoms with Gasteiger partial charge in [0.05, 0.1) is 11.8 Å². The summed E-state index contributed by atoms with van der Waals surface area (Å²) >= 11 is 1.34. The van der Waals surface area contributed by atoms with Crippen LogP contribution in [0.15, 0.2) is 90.1 Å². The van der Waals surface area contributed by atoms with E-state index in [-0.39, 0.29) is 11.2 Å². The summed E-state index contributed by atoms with van der Waals surface area (Å²) < 4.78 is 1.71. The van der Waals surface area contributed by atoms with Crippen molar-refractivity contribution in [3.05, 3.63) is 90.5 Å². The molecule has 1 amide bonds. The predicted molar refractivity (Wildman–Crippen MR) is 119 cm³/mol. The van der Waals surface area contributed by atoms with Gasteiger partial charge in [0.15, 0.2) is 0 Å². The van der Waals surface area contributed by atoms with Crippen LogP contribution in [0.5, 0.6) is 0 Å². The second-order valence-electron chi connectivity index (χ2n) is 6.77. The Kier molecular flexibility index (Phi) is 6.20. The Morgan fingerprint density at radius 2 is 1.63 bits per heavy atom. The van der Waals surface area contributed by atoms with Crippen molar-refractivity contribution >= 4 is 23.4 Å². The van der Waals surface area contributed by atoms with Crippen LogP contribution in [0.2, 0.25) is 0 Å². The summed E-state index contributed by atoms with van der Waals surface area (Å²) in [5, 5.41) is 15.2. The maximum atomic E-state index is 12.9. The van der Waals surface area contributed by atoms with Gasteiger partial charge in [-0.25, -0.2) is 4.68 Å². The molecule has 0 radical (unpaired) electrons. The van der Waals surface area contributed by atoms with Crippen LogP contribution in [0, 0.1) is 0 Å². The number of para-hydroxylation sites is 1. The van der Waals surface area contributed by atoms with Gasteiger partial charge in [-0.15, -0.1) is 5.10 Å². The van der Waals surface area contributed by atoms with Crippen LogP contribution in [-0.2, 0) is 11.3 Å². The van der Waals surface area contributed by atoms with Crippen molar-refractivity contribution < 1.29 is 4.79 Å². The first-order valence-corrected chi connectivity index (χ1v) is 10.5. The third kappa shape index (κ3) is 4.75. The fourth-order valence-corrected chi connectivity index (χ4v) is 3.83. The molecule has 4 aromatic rings. The molecule has 7 heteroatoms. The molecule has 150 valence electrons. The molecular weight excluding hydrogens is 394 g/mol. The molecule has 30 heavy (non-hydrogen) atoms. The molecule has 1 atom stereocenters. The standard InChI is InChI=1S/C23H21N5OS/c1-17(30-23-25-26-27-28(23)16-18-10-4-2-5-11-18)22(29)24-21-15-9-8-14-20(21)19-12-6-3-7-13-19/h2-15,17H,16H2,1H3,(H,24,29)/t17-/m0/s1. The summed E-state index contributed by atoms with van der Waals surface area (Å²) in [6.45, 7) is 2.41. The summed E-state index contributed by atoms with van der Waals surface area (Å²) in [5.41, 5.74) is 3.92.